The van der Waals surface area contributed by atoms with E-state index in [9.17, 15) is 9.90 Å². The third kappa shape index (κ3) is 11.1. The molecule has 0 aliphatic carbocycles. The fraction of sp³-hybridized carbons (Fsp3) is 0.365. The Hall–Kier alpha value is -7.49. The maximum Gasteiger partial charge on any atom is 0.382 e. The van der Waals surface area contributed by atoms with Crippen LogP contribution in [0.1, 0.15) is 256 Å². The van der Waals surface area contributed by atoms with Crippen molar-refractivity contribution in [3.05, 3.63) is 163 Å². The molecule has 0 spiro atoms. The lowest BCUT2D eigenvalue weighted by atomic mass is 9.81. The summed E-state index contributed by atoms with van der Waals surface area (Å²) in [6.45, 7) is 41.7. The molecule has 0 saturated carbocycles. The van der Waals surface area contributed by atoms with Gasteiger partial charge in [-0.2, -0.15) is 0 Å². The van der Waals surface area contributed by atoms with E-state index in [1.54, 1.807) is 0 Å². The van der Waals surface area contributed by atoms with E-state index in [0.717, 1.165) is 72.7 Å². The SMILES string of the molecule is CC(C)c1cc(C(C)C)c(-c2c3nc(c(-c4c(C(C)C)cc(C(C)C)cc4C(C)C)c4ccc([nH]4)c(-c4c(C(C)C)cc(C(C)C)cc4C(C)C)c4nc(c(-c5ccc(C#CC(=O)O)cc5)c5ccc2[nH]5)C=C4)C=C3)c(C(C)C)c1. The molecule has 0 saturated heterocycles. The Morgan fingerprint density at radius 3 is 0.875 bits per heavy atom. The monoisotopic (exact) mass is 1060 g/mol. The van der Waals surface area contributed by atoms with Gasteiger partial charge >= 0.3 is 5.97 Å². The van der Waals surface area contributed by atoms with Gasteiger partial charge in [0.15, 0.2) is 0 Å². The summed E-state index contributed by atoms with van der Waals surface area (Å²) < 4.78 is 0. The molecule has 2 aliphatic heterocycles. The lowest BCUT2D eigenvalue weighted by Gasteiger charge is -2.24. The lowest BCUT2D eigenvalue weighted by Crippen LogP contribution is -2.05. The van der Waals surface area contributed by atoms with Gasteiger partial charge in [-0.1, -0.05) is 179 Å². The van der Waals surface area contributed by atoms with E-state index in [-0.39, 0.29) is 35.5 Å². The van der Waals surface area contributed by atoms with E-state index in [0.29, 0.717) is 23.3 Å². The zero-order valence-electron chi connectivity index (χ0n) is 50.8. The minimum Gasteiger partial charge on any atom is -0.472 e. The van der Waals surface area contributed by atoms with Crippen LogP contribution in [0.5, 0.6) is 0 Å². The highest BCUT2D eigenvalue weighted by Crippen LogP contribution is 2.48. The highest BCUT2D eigenvalue weighted by Gasteiger charge is 2.29. The van der Waals surface area contributed by atoms with Crippen molar-refractivity contribution in [1.82, 2.24) is 19.9 Å². The number of aliphatic carboxylic acids is 1. The Morgan fingerprint density at radius 2 is 0.625 bits per heavy atom. The number of hydrogen-bond acceptors (Lipinski definition) is 3. The highest BCUT2D eigenvalue weighted by molar-refractivity contribution is 6.02. The van der Waals surface area contributed by atoms with Crippen molar-refractivity contribution in [2.75, 3.05) is 0 Å². The number of nitrogens with zero attached hydrogens (tertiary/aromatic N) is 2. The summed E-state index contributed by atoms with van der Waals surface area (Å²) in [6.07, 6.45) is 8.90. The predicted molar refractivity (Wildman–Crippen MR) is 342 cm³/mol. The quantitative estimate of drug-likeness (QED) is 0.100. The number of aromatic nitrogens is 4. The fourth-order valence-electron chi connectivity index (χ4n) is 11.9. The Morgan fingerprint density at radius 1 is 0.362 bits per heavy atom. The van der Waals surface area contributed by atoms with Crippen LogP contribution in [0.3, 0.4) is 0 Å². The van der Waals surface area contributed by atoms with Crippen molar-refractivity contribution in [1.29, 1.82) is 0 Å². The van der Waals surface area contributed by atoms with Gasteiger partial charge in [0, 0.05) is 55.8 Å². The first-order valence-electron chi connectivity index (χ1n) is 29.5. The summed E-state index contributed by atoms with van der Waals surface area (Å²) in [6, 6.07) is 31.6. The van der Waals surface area contributed by atoms with Gasteiger partial charge in [0.1, 0.15) is 0 Å². The number of nitrogens with one attached hydrogen (secondary N) is 2. The lowest BCUT2D eigenvalue weighted by molar-refractivity contribution is -0.130. The average molecular weight is 1060 g/mol. The number of carboxylic acids is 1. The highest BCUT2D eigenvalue weighted by atomic mass is 16.4. The molecular formula is C74H84N4O2. The third-order valence-electron chi connectivity index (χ3n) is 16.4. The smallest absolute Gasteiger partial charge is 0.382 e. The van der Waals surface area contributed by atoms with Crippen molar-refractivity contribution >= 4 is 52.3 Å². The standard InChI is InChI=1S/C74H84N4O2/c1-39(2)50-33-53(42(7)8)69(54(34-50)43(9)10)72-61-26-24-59(75-61)68(49-22-19-48(20-23-49)21-32-67(79)80)60-25-27-62(76-60)73(70-55(44(11)12)35-51(40(3)4)36-56(70)45(13)14)64-29-31-66(78-64)74(65-30-28-63(72)77-65)71-57(46(15)16)37-52(41(5)6)38-58(71)47(17)18/h19-20,22-31,33-47,75,78H,1-18H3,(H,79,80). The molecule has 6 nitrogen and oxygen atoms in total. The molecule has 5 heterocycles. The van der Waals surface area contributed by atoms with E-state index >= 15 is 0 Å². The van der Waals surface area contributed by atoms with Gasteiger partial charge in [0.25, 0.3) is 0 Å². The van der Waals surface area contributed by atoms with Crippen molar-refractivity contribution in [2.24, 2.45) is 0 Å². The van der Waals surface area contributed by atoms with Crippen LogP contribution in [-0.4, -0.2) is 31.0 Å². The zero-order valence-corrected chi connectivity index (χ0v) is 50.8. The Kier molecular flexibility index (Phi) is 16.4. The fourth-order valence-corrected chi connectivity index (χ4v) is 11.9. The number of rotatable bonds is 13. The van der Waals surface area contributed by atoms with Gasteiger partial charge in [0.2, 0.25) is 0 Å². The van der Waals surface area contributed by atoms with Crippen molar-refractivity contribution in [2.45, 2.75) is 178 Å². The molecule has 4 aromatic carbocycles. The number of H-pyrrole nitrogens is 2. The zero-order chi connectivity index (χ0) is 57.8. The number of carboxylic acid groups (broad SMARTS) is 1. The van der Waals surface area contributed by atoms with Crippen LogP contribution in [0.2, 0.25) is 0 Å². The average Bonchev–Trinajstić information content (AvgIpc) is 4.35. The molecule has 6 heteroatoms. The number of benzene rings is 4. The summed E-state index contributed by atoms with van der Waals surface area (Å²) >= 11 is 0. The molecule has 3 aromatic heterocycles. The van der Waals surface area contributed by atoms with Gasteiger partial charge in [-0.25, -0.2) is 14.8 Å². The van der Waals surface area contributed by atoms with Gasteiger partial charge in [-0.05, 0) is 186 Å². The summed E-state index contributed by atoms with van der Waals surface area (Å²) in [4.78, 5) is 31.5. The summed E-state index contributed by atoms with van der Waals surface area (Å²) in [5.41, 5.74) is 28.6. The summed E-state index contributed by atoms with van der Waals surface area (Å²) in [5.74, 6) is 6.35. The normalized spacial score (nSPS) is 12.5. The van der Waals surface area contributed by atoms with Crippen LogP contribution in [0, 0.1) is 11.8 Å². The number of hydrogen-bond donors (Lipinski definition) is 3. The second-order valence-corrected chi connectivity index (χ2v) is 25.3. The molecule has 7 aromatic rings. The predicted octanol–water partition coefficient (Wildman–Crippen LogP) is 20.9. The topological polar surface area (TPSA) is 94.7 Å². The Balaban J connectivity index is 1.58. The minimum atomic E-state index is -1.16. The number of carbonyl (C=O) groups is 1. The molecule has 0 radical (unpaired) electrons. The minimum absolute atomic E-state index is 0.218. The van der Waals surface area contributed by atoms with Gasteiger partial charge in [0.05, 0.1) is 22.8 Å². The van der Waals surface area contributed by atoms with Crippen LogP contribution in [0.25, 0.3) is 90.9 Å². The van der Waals surface area contributed by atoms with E-state index in [1.807, 2.05) is 24.3 Å². The van der Waals surface area contributed by atoms with E-state index < -0.39 is 5.97 Å². The van der Waals surface area contributed by atoms with E-state index in [1.165, 1.54) is 66.8 Å². The van der Waals surface area contributed by atoms with Crippen LogP contribution in [-0.2, 0) is 4.79 Å². The van der Waals surface area contributed by atoms with Crippen molar-refractivity contribution < 1.29 is 9.90 Å². The molecule has 2 aliphatic rings. The third-order valence-corrected chi connectivity index (χ3v) is 16.4. The number of aromatic amines is 2. The van der Waals surface area contributed by atoms with Gasteiger partial charge in [-0.15, -0.1) is 0 Å². The molecule has 0 amide bonds. The first kappa shape index (κ1) is 57.2. The first-order valence-corrected chi connectivity index (χ1v) is 29.5. The van der Waals surface area contributed by atoms with Crippen molar-refractivity contribution in [3.8, 4) is 56.3 Å². The van der Waals surface area contributed by atoms with Gasteiger partial charge in [-0.3, -0.25) is 0 Å². The van der Waals surface area contributed by atoms with Gasteiger partial charge < -0.3 is 15.1 Å². The van der Waals surface area contributed by atoms with Crippen LogP contribution in [0.15, 0.2) is 84.9 Å². The molecular weight excluding hydrogens is 977 g/mol. The van der Waals surface area contributed by atoms with E-state index in [4.69, 9.17) is 9.97 Å². The molecule has 8 bridgehead atoms. The van der Waals surface area contributed by atoms with Crippen LogP contribution in [0.4, 0.5) is 0 Å². The molecule has 3 N–H and O–H groups in total. The molecule has 9 rings (SSSR count). The molecule has 0 atom stereocenters. The second-order valence-electron chi connectivity index (χ2n) is 25.3. The molecule has 0 fully saturated rings. The number of fused-ring (bicyclic) bond motifs is 8. The largest absolute Gasteiger partial charge is 0.472 e. The molecule has 80 heavy (non-hydrogen) atoms. The summed E-state index contributed by atoms with van der Waals surface area (Å²) in [7, 11) is 0. The first-order chi connectivity index (χ1) is 37.9. The van der Waals surface area contributed by atoms with Crippen LogP contribution < -0.4 is 0 Å². The maximum atomic E-state index is 11.5. The molecule has 412 valence electrons. The maximum absolute atomic E-state index is 11.5. The Labute approximate surface area is 477 Å². The van der Waals surface area contributed by atoms with E-state index in [2.05, 4.69) is 231 Å². The second kappa shape index (κ2) is 22.9. The Bertz CT molecular complexity index is 3690. The summed E-state index contributed by atoms with van der Waals surface area (Å²) in [5, 5.41) is 9.44. The van der Waals surface area contributed by atoms with Crippen LogP contribution >= 0.6 is 0 Å². The van der Waals surface area contributed by atoms with Crippen molar-refractivity contribution in [3.63, 3.8) is 0 Å². The molecule has 0 unspecified atom stereocenters.